The van der Waals surface area contributed by atoms with Crippen molar-refractivity contribution in [1.82, 2.24) is 9.97 Å². The average Bonchev–Trinajstić information content (AvgIpc) is 2.37. The maximum atomic E-state index is 11.7. The molecule has 7 heteroatoms. The highest BCUT2D eigenvalue weighted by Gasteiger charge is 2.19. The lowest BCUT2D eigenvalue weighted by Crippen LogP contribution is -2.25. The molecule has 1 unspecified atom stereocenters. The van der Waals surface area contributed by atoms with Gasteiger partial charge in [-0.15, -0.1) is 0 Å². The lowest BCUT2D eigenvalue weighted by molar-refractivity contribution is -0.385. The summed E-state index contributed by atoms with van der Waals surface area (Å²) in [6.07, 6.45) is 2.45. The van der Waals surface area contributed by atoms with Crippen LogP contribution in [0, 0.1) is 16.0 Å². The van der Waals surface area contributed by atoms with E-state index in [1.54, 1.807) is 6.07 Å². The number of nitrogens with zero attached hydrogens (tertiary/aromatic N) is 2. The minimum absolute atomic E-state index is 0.0831. The third-order valence-corrected chi connectivity index (χ3v) is 3.29. The highest BCUT2D eigenvalue weighted by Crippen LogP contribution is 2.25. The van der Waals surface area contributed by atoms with Gasteiger partial charge in [-0.2, -0.15) is 0 Å². The molecule has 1 atom stereocenters. The maximum absolute atomic E-state index is 11.7. The zero-order valence-electron chi connectivity index (χ0n) is 12.0. The summed E-state index contributed by atoms with van der Waals surface area (Å²) in [6.45, 7) is 4.10. The van der Waals surface area contributed by atoms with Crippen LogP contribution in [0.3, 0.4) is 0 Å². The van der Waals surface area contributed by atoms with E-state index in [1.165, 1.54) is 12.4 Å². The number of nitro groups is 1. The Morgan fingerprint density at radius 3 is 2.76 bits per heavy atom. The van der Waals surface area contributed by atoms with Gasteiger partial charge < -0.3 is 10.7 Å². The summed E-state index contributed by atoms with van der Waals surface area (Å²) >= 11 is 0. The minimum atomic E-state index is -0.483. The Kier molecular flexibility index (Phi) is 4.32. The fourth-order valence-corrected chi connectivity index (χ4v) is 2.45. The van der Waals surface area contributed by atoms with E-state index in [-0.39, 0.29) is 22.7 Å². The Labute approximate surface area is 121 Å². The van der Waals surface area contributed by atoms with Crippen molar-refractivity contribution in [3.8, 4) is 0 Å². The van der Waals surface area contributed by atoms with Gasteiger partial charge in [0.1, 0.15) is 0 Å². The van der Waals surface area contributed by atoms with Crippen LogP contribution in [0.4, 0.5) is 5.69 Å². The average molecular weight is 290 g/mol. The minimum Gasteiger partial charge on any atom is -0.327 e. The molecule has 0 radical (unpaired) electrons. The number of nitro benzene ring substituents is 1. The second-order valence-electron chi connectivity index (χ2n) is 5.58. The van der Waals surface area contributed by atoms with Crippen LogP contribution in [0.15, 0.2) is 23.3 Å². The molecule has 112 valence electrons. The number of H-pyrrole nitrogens is 1. The first-order valence-electron chi connectivity index (χ1n) is 6.78. The van der Waals surface area contributed by atoms with Crippen molar-refractivity contribution in [3.63, 3.8) is 0 Å². The lowest BCUT2D eigenvalue weighted by Gasteiger charge is -2.14. The number of rotatable bonds is 5. The van der Waals surface area contributed by atoms with Crippen molar-refractivity contribution in [3.05, 3.63) is 44.5 Å². The highest BCUT2D eigenvalue weighted by atomic mass is 16.6. The van der Waals surface area contributed by atoms with E-state index in [0.29, 0.717) is 23.4 Å². The third-order valence-electron chi connectivity index (χ3n) is 3.29. The number of fused-ring (bicyclic) bond motifs is 1. The topological polar surface area (TPSA) is 115 Å². The summed E-state index contributed by atoms with van der Waals surface area (Å²) in [7, 11) is 0. The molecule has 0 saturated heterocycles. The monoisotopic (exact) mass is 290 g/mol. The van der Waals surface area contributed by atoms with Gasteiger partial charge in [-0.3, -0.25) is 14.9 Å². The number of hydrogen-bond acceptors (Lipinski definition) is 5. The number of nitrogens with two attached hydrogens (primary N) is 1. The summed E-state index contributed by atoms with van der Waals surface area (Å²) in [5, 5.41) is 11.4. The molecule has 7 nitrogen and oxygen atoms in total. The van der Waals surface area contributed by atoms with Crippen molar-refractivity contribution >= 4 is 16.6 Å². The zero-order chi connectivity index (χ0) is 15.6. The van der Waals surface area contributed by atoms with E-state index in [9.17, 15) is 14.9 Å². The van der Waals surface area contributed by atoms with Crippen LogP contribution in [0.2, 0.25) is 0 Å². The molecule has 21 heavy (non-hydrogen) atoms. The van der Waals surface area contributed by atoms with Gasteiger partial charge in [0.15, 0.2) is 0 Å². The first-order chi connectivity index (χ1) is 9.88. The summed E-state index contributed by atoms with van der Waals surface area (Å²) in [5.41, 5.74) is 6.52. The predicted octanol–water partition coefficient (Wildman–Crippen LogP) is 1.75. The molecular weight excluding hydrogens is 272 g/mol. The second kappa shape index (κ2) is 6.01. The predicted molar refractivity (Wildman–Crippen MR) is 80.2 cm³/mol. The van der Waals surface area contributed by atoms with Crippen LogP contribution in [-0.2, 0) is 6.42 Å². The van der Waals surface area contributed by atoms with E-state index in [1.807, 2.05) is 0 Å². The Morgan fingerprint density at radius 2 is 2.14 bits per heavy atom. The van der Waals surface area contributed by atoms with Gasteiger partial charge in [-0.1, -0.05) is 13.8 Å². The van der Waals surface area contributed by atoms with Gasteiger partial charge in [0, 0.05) is 17.7 Å². The number of benzene rings is 1. The quantitative estimate of drug-likeness (QED) is 0.643. The van der Waals surface area contributed by atoms with E-state index in [2.05, 4.69) is 23.8 Å². The molecule has 2 aromatic rings. The Hall–Kier alpha value is -2.28. The molecule has 0 aliphatic carbocycles. The largest absolute Gasteiger partial charge is 0.327 e. The molecule has 0 aliphatic heterocycles. The van der Waals surface area contributed by atoms with E-state index < -0.39 is 4.92 Å². The fraction of sp³-hybridized carbons (Fsp3) is 0.429. The third kappa shape index (κ3) is 3.43. The van der Waals surface area contributed by atoms with Crippen molar-refractivity contribution in [2.75, 3.05) is 0 Å². The number of nitrogens with one attached hydrogen (secondary N) is 1. The fourth-order valence-electron chi connectivity index (χ4n) is 2.45. The molecule has 0 bridgehead atoms. The van der Waals surface area contributed by atoms with E-state index >= 15 is 0 Å². The molecule has 3 N–H and O–H groups in total. The van der Waals surface area contributed by atoms with Crippen LogP contribution in [-0.4, -0.2) is 20.9 Å². The molecule has 1 heterocycles. The molecule has 1 aromatic heterocycles. The van der Waals surface area contributed by atoms with Crippen molar-refractivity contribution in [1.29, 1.82) is 0 Å². The van der Waals surface area contributed by atoms with Gasteiger partial charge >= 0.3 is 0 Å². The maximum Gasteiger partial charge on any atom is 0.273 e. The van der Waals surface area contributed by atoms with Crippen molar-refractivity contribution in [2.45, 2.75) is 32.7 Å². The molecule has 0 saturated carbocycles. The Balaban J connectivity index is 2.48. The first-order valence-corrected chi connectivity index (χ1v) is 6.78. The Morgan fingerprint density at radius 1 is 1.43 bits per heavy atom. The zero-order valence-corrected chi connectivity index (χ0v) is 12.0. The highest BCUT2D eigenvalue weighted by molar-refractivity contribution is 5.81. The molecule has 1 aromatic carbocycles. The van der Waals surface area contributed by atoms with Gasteiger partial charge in [0.2, 0.25) is 0 Å². The van der Waals surface area contributed by atoms with Crippen LogP contribution in [0.1, 0.15) is 25.8 Å². The van der Waals surface area contributed by atoms with Crippen LogP contribution < -0.4 is 11.3 Å². The van der Waals surface area contributed by atoms with Crippen LogP contribution in [0.5, 0.6) is 0 Å². The summed E-state index contributed by atoms with van der Waals surface area (Å²) in [5.74, 6) is 0.417. The van der Waals surface area contributed by atoms with Crippen LogP contribution in [0.25, 0.3) is 10.9 Å². The van der Waals surface area contributed by atoms with Gasteiger partial charge in [0.25, 0.3) is 11.2 Å². The molecule has 0 aliphatic rings. The lowest BCUT2D eigenvalue weighted by atomic mass is 9.96. The smallest absolute Gasteiger partial charge is 0.273 e. The summed E-state index contributed by atoms with van der Waals surface area (Å²) in [6, 6.07) is 2.70. The molecular formula is C14H18N4O3. The molecule has 0 fully saturated rings. The molecule has 0 amide bonds. The second-order valence-corrected chi connectivity index (χ2v) is 5.58. The first kappa shape index (κ1) is 15.1. The standard InChI is InChI=1S/C14H18N4O3/c1-8(2)3-10(15)4-9-5-12-11(6-13(9)18(20)21)14(19)17-7-16-12/h5-8,10H,3-4,15H2,1-2H3,(H,16,17,19). The van der Waals surface area contributed by atoms with Gasteiger partial charge in [-0.25, -0.2) is 4.98 Å². The van der Waals surface area contributed by atoms with Crippen molar-refractivity contribution < 1.29 is 4.92 Å². The van der Waals surface area contributed by atoms with Gasteiger partial charge in [-0.05, 0) is 24.8 Å². The number of hydrogen-bond donors (Lipinski definition) is 2. The van der Waals surface area contributed by atoms with E-state index in [4.69, 9.17) is 5.73 Å². The summed E-state index contributed by atoms with van der Waals surface area (Å²) < 4.78 is 0. The molecule has 0 spiro atoms. The SMILES string of the molecule is CC(C)CC(N)Cc1cc2nc[nH]c(=O)c2cc1[N+](=O)[O-]. The molecule has 2 rings (SSSR count). The number of aromatic nitrogens is 2. The van der Waals surface area contributed by atoms with Gasteiger partial charge in [0.05, 0.1) is 22.2 Å². The summed E-state index contributed by atoms with van der Waals surface area (Å²) in [4.78, 5) is 28.9. The van der Waals surface area contributed by atoms with E-state index in [0.717, 1.165) is 6.42 Å². The van der Waals surface area contributed by atoms with Crippen molar-refractivity contribution in [2.24, 2.45) is 11.7 Å². The normalized spacial score (nSPS) is 12.8. The Bertz CT molecular complexity index is 724. The van der Waals surface area contributed by atoms with Crippen LogP contribution >= 0.6 is 0 Å². The number of aromatic amines is 1.